The zero-order chi connectivity index (χ0) is 15.2. The van der Waals surface area contributed by atoms with E-state index >= 15 is 0 Å². The summed E-state index contributed by atoms with van der Waals surface area (Å²) in [5, 5.41) is 6.65. The zero-order valence-electron chi connectivity index (χ0n) is 11.6. The molecule has 2 rings (SSSR count). The minimum atomic E-state index is -0.0454. The number of hydrogen-bond donors (Lipinski definition) is 2. The lowest BCUT2D eigenvalue weighted by molar-refractivity contribution is -0.115. The average molecular weight is 368 g/mol. The van der Waals surface area contributed by atoms with Gasteiger partial charge >= 0.3 is 0 Å². The third kappa shape index (κ3) is 5.06. The number of aryl methyl sites for hydroxylation is 1. The van der Waals surface area contributed by atoms with Crippen molar-refractivity contribution in [2.75, 3.05) is 17.2 Å². The molecule has 0 bridgehead atoms. The van der Waals surface area contributed by atoms with Crippen molar-refractivity contribution in [1.82, 2.24) is 0 Å². The van der Waals surface area contributed by atoms with Gasteiger partial charge in [-0.25, -0.2) is 0 Å². The highest BCUT2D eigenvalue weighted by molar-refractivity contribution is 9.10. The first-order valence-corrected chi connectivity index (χ1v) is 7.77. The van der Waals surface area contributed by atoms with Crippen molar-refractivity contribution in [2.45, 2.75) is 13.3 Å². The van der Waals surface area contributed by atoms with Crippen LogP contribution in [0.5, 0.6) is 0 Å². The minimum Gasteiger partial charge on any atom is -0.384 e. The summed E-state index contributed by atoms with van der Waals surface area (Å²) < 4.78 is 1.05. The van der Waals surface area contributed by atoms with Gasteiger partial charge < -0.3 is 10.6 Å². The van der Waals surface area contributed by atoms with E-state index in [0.29, 0.717) is 23.7 Å². The number of anilines is 2. The molecule has 0 aliphatic carbocycles. The Morgan fingerprint density at radius 3 is 2.71 bits per heavy atom. The predicted octanol–water partition coefficient (Wildman–Crippen LogP) is 4.85. The van der Waals surface area contributed by atoms with Gasteiger partial charge in [-0.2, -0.15) is 0 Å². The van der Waals surface area contributed by atoms with Crippen LogP contribution in [0.3, 0.4) is 0 Å². The van der Waals surface area contributed by atoms with Crippen molar-refractivity contribution in [3.05, 3.63) is 57.5 Å². The third-order valence-electron chi connectivity index (χ3n) is 2.96. The molecule has 5 heteroatoms. The largest absolute Gasteiger partial charge is 0.384 e. The Hall–Kier alpha value is -1.52. The normalized spacial score (nSPS) is 10.2. The Morgan fingerprint density at radius 1 is 1.19 bits per heavy atom. The van der Waals surface area contributed by atoms with Crippen LogP contribution in [0.4, 0.5) is 11.4 Å². The first kappa shape index (κ1) is 15.9. The summed E-state index contributed by atoms with van der Waals surface area (Å²) in [5.74, 6) is -0.0454. The van der Waals surface area contributed by atoms with Gasteiger partial charge in [0.2, 0.25) is 5.91 Å². The van der Waals surface area contributed by atoms with Gasteiger partial charge in [0.1, 0.15) is 0 Å². The summed E-state index contributed by atoms with van der Waals surface area (Å²) in [6.45, 7) is 2.61. The van der Waals surface area contributed by atoms with E-state index < -0.39 is 0 Å². The molecule has 0 fully saturated rings. The summed E-state index contributed by atoms with van der Waals surface area (Å²) in [6, 6.07) is 13.1. The molecule has 3 nitrogen and oxygen atoms in total. The highest BCUT2D eigenvalue weighted by Crippen LogP contribution is 2.20. The molecule has 0 spiro atoms. The molecule has 110 valence electrons. The molecule has 0 saturated carbocycles. The molecule has 2 N–H and O–H groups in total. The molecule has 2 aromatic rings. The monoisotopic (exact) mass is 366 g/mol. The molecular formula is C16H16BrClN2O. The number of carbonyl (C=O) groups is 1. The van der Waals surface area contributed by atoms with Gasteiger partial charge in [-0.05, 0) is 42.8 Å². The average Bonchev–Trinajstić information content (AvgIpc) is 2.43. The lowest BCUT2D eigenvalue weighted by atomic mass is 10.2. The van der Waals surface area contributed by atoms with Gasteiger partial charge in [0.05, 0.1) is 0 Å². The number of hydrogen-bond acceptors (Lipinski definition) is 2. The van der Waals surface area contributed by atoms with Crippen molar-refractivity contribution < 1.29 is 4.79 Å². The van der Waals surface area contributed by atoms with Gasteiger partial charge in [0.25, 0.3) is 0 Å². The second-order valence-electron chi connectivity index (χ2n) is 4.70. The van der Waals surface area contributed by atoms with Gasteiger partial charge in [0, 0.05) is 33.8 Å². The van der Waals surface area contributed by atoms with Gasteiger partial charge in [-0.3, -0.25) is 4.79 Å². The predicted molar refractivity (Wildman–Crippen MR) is 92.1 cm³/mol. The van der Waals surface area contributed by atoms with Crippen LogP contribution >= 0.6 is 27.5 Å². The fraction of sp³-hybridized carbons (Fsp3) is 0.188. The van der Waals surface area contributed by atoms with Crippen molar-refractivity contribution >= 4 is 44.8 Å². The van der Waals surface area contributed by atoms with Crippen molar-refractivity contribution in [2.24, 2.45) is 0 Å². The maximum Gasteiger partial charge on any atom is 0.226 e. The number of nitrogens with one attached hydrogen (secondary N) is 2. The Balaban J connectivity index is 1.80. The molecule has 0 aromatic heterocycles. The first-order valence-electron chi connectivity index (χ1n) is 6.60. The van der Waals surface area contributed by atoms with Crippen LogP contribution in [0.2, 0.25) is 5.02 Å². The van der Waals surface area contributed by atoms with E-state index in [1.165, 1.54) is 5.56 Å². The fourth-order valence-electron chi connectivity index (χ4n) is 1.81. The topological polar surface area (TPSA) is 41.1 Å². The smallest absolute Gasteiger partial charge is 0.226 e. The van der Waals surface area contributed by atoms with Crippen LogP contribution in [0.25, 0.3) is 0 Å². The van der Waals surface area contributed by atoms with Crippen LogP contribution in [-0.4, -0.2) is 12.5 Å². The van der Waals surface area contributed by atoms with E-state index in [0.717, 1.165) is 10.2 Å². The van der Waals surface area contributed by atoms with E-state index in [9.17, 15) is 4.79 Å². The van der Waals surface area contributed by atoms with E-state index in [-0.39, 0.29) is 5.91 Å². The number of amides is 1. The standard InChI is InChI=1S/C16H16BrClN2O/c1-11-5-6-13(10-15(11)17)19-8-7-16(21)20-14-4-2-3-12(18)9-14/h2-6,9-10,19H,7-8H2,1H3,(H,20,21). The fourth-order valence-corrected chi connectivity index (χ4v) is 2.38. The summed E-state index contributed by atoms with van der Waals surface area (Å²) in [5.41, 5.74) is 2.88. The molecule has 0 radical (unpaired) electrons. The van der Waals surface area contributed by atoms with Crippen LogP contribution in [0, 0.1) is 6.92 Å². The highest BCUT2D eigenvalue weighted by atomic mass is 79.9. The van der Waals surface area contributed by atoms with Crippen LogP contribution < -0.4 is 10.6 Å². The zero-order valence-corrected chi connectivity index (χ0v) is 14.0. The van der Waals surface area contributed by atoms with Gasteiger partial charge in [-0.15, -0.1) is 0 Å². The summed E-state index contributed by atoms with van der Waals surface area (Å²) in [4.78, 5) is 11.8. The molecule has 2 aromatic carbocycles. The second-order valence-corrected chi connectivity index (χ2v) is 5.99. The molecule has 0 aliphatic rings. The number of rotatable bonds is 5. The SMILES string of the molecule is Cc1ccc(NCCC(=O)Nc2cccc(Cl)c2)cc1Br. The Bertz CT molecular complexity index is 646. The van der Waals surface area contributed by atoms with Crippen molar-refractivity contribution in [1.29, 1.82) is 0 Å². The van der Waals surface area contributed by atoms with E-state index in [2.05, 4.69) is 26.6 Å². The van der Waals surface area contributed by atoms with E-state index in [1.807, 2.05) is 31.2 Å². The number of carbonyl (C=O) groups excluding carboxylic acids is 1. The first-order chi connectivity index (χ1) is 10.0. The lowest BCUT2D eigenvalue weighted by Crippen LogP contribution is -2.16. The third-order valence-corrected chi connectivity index (χ3v) is 4.05. The van der Waals surface area contributed by atoms with E-state index in [1.54, 1.807) is 18.2 Å². The molecule has 1 amide bonds. The second kappa shape index (κ2) is 7.48. The Morgan fingerprint density at radius 2 is 2.00 bits per heavy atom. The molecule has 0 aliphatic heterocycles. The molecule has 0 saturated heterocycles. The summed E-state index contributed by atoms with van der Waals surface area (Å²) >= 11 is 9.36. The lowest BCUT2D eigenvalue weighted by Gasteiger charge is -2.09. The van der Waals surface area contributed by atoms with Crippen LogP contribution in [0.1, 0.15) is 12.0 Å². The molecule has 0 heterocycles. The summed E-state index contributed by atoms with van der Waals surface area (Å²) in [7, 11) is 0. The quantitative estimate of drug-likeness (QED) is 0.793. The molecule has 21 heavy (non-hydrogen) atoms. The van der Waals surface area contributed by atoms with Crippen LogP contribution in [0.15, 0.2) is 46.9 Å². The Labute approximate surface area is 137 Å². The molecule has 0 atom stereocenters. The van der Waals surface area contributed by atoms with Gasteiger partial charge in [0.15, 0.2) is 0 Å². The van der Waals surface area contributed by atoms with E-state index in [4.69, 9.17) is 11.6 Å². The maximum atomic E-state index is 11.8. The van der Waals surface area contributed by atoms with Gasteiger partial charge in [-0.1, -0.05) is 39.7 Å². The Kier molecular flexibility index (Phi) is 5.65. The minimum absolute atomic E-state index is 0.0454. The van der Waals surface area contributed by atoms with Crippen LogP contribution in [-0.2, 0) is 4.79 Å². The van der Waals surface area contributed by atoms with Crippen molar-refractivity contribution in [3.8, 4) is 0 Å². The maximum absolute atomic E-state index is 11.8. The number of benzene rings is 2. The van der Waals surface area contributed by atoms with Crippen molar-refractivity contribution in [3.63, 3.8) is 0 Å². The molecule has 0 unspecified atom stereocenters. The summed E-state index contributed by atoms with van der Waals surface area (Å²) in [6.07, 6.45) is 0.387. The number of halogens is 2. The highest BCUT2D eigenvalue weighted by Gasteiger charge is 2.03. The molecular weight excluding hydrogens is 352 g/mol.